The summed E-state index contributed by atoms with van der Waals surface area (Å²) in [5.41, 5.74) is 1.51. The summed E-state index contributed by atoms with van der Waals surface area (Å²) in [6, 6.07) is 16.6. The Morgan fingerprint density at radius 1 is 0.939 bits per heavy atom. The maximum atomic E-state index is 12.4. The van der Waals surface area contributed by atoms with Crippen LogP contribution in [0.1, 0.15) is 18.4 Å². The number of rotatable bonds is 9. The lowest BCUT2D eigenvalue weighted by molar-refractivity contribution is -0.133. The van der Waals surface area contributed by atoms with Crippen molar-refractivity contribution in [2.45, 2.75) is 19.4 Å². The van der Waals surface area contributed by atoms with E-state index in [1.54, 1.807) is 17.0 Å². The third-order valence-electron chi connectivity index (χ3n) is 5.29. The third kappa shape index (κ3) is 8.40. The van der Waals surface area contributed by atoms with Crippen LogP contribution in [-0.4, -0.2) is 67.0 Å². The lowest BCUT2D eigenvalue weighted by Gasteiger charge is -2.34. The molecule has 2 N–H and O–H groups in total. The van der Waals surface area contributed by atoms with Gasteiger partial charge in [-0.2, -0.15) is 0 Å². The van der Waals surface area contributed by atoms with E-state index in [2.05, 4.69) is 10.6 Å². The SMILES string of the molecule is O=C(CN1CCN(C(=O)CCCNC(=O)OCc2ccccc2)CC1)Nc1ccccc1Cl. The minimum absolute atomic E-state index is 0.0506. The van der Waals surface area contributed by atoms with Crippen LogP contribution in [-0.2, 0) is 20.9 Å². The molecule has 1 fully saturated rings. The Bertz CT molecular complexity index is 933. The van der Waals surface area contributed by atoms with Crippen LogP contribution in [0.3, 0.4) is 0 Å². The van der Waals surface area contributed by atoms with Crippen molar-refractivity contribution in [2.24, 2.45) is 0 Å². The van der Waals surface area contributed by atoms with Crippen molar-refractivity contribution in [3.63, 3.8) is 0 Å². The summed E-state index contributed by atoms with van der Waals surface area (Å²) in [5.74, 6) is -0.0808. The highest BCUT2D eigenvalue weighted by Gasteiger charge is 2.22. The normalized spacial score (nSPS) is 13.9. The molecule has 0 atom stereocenters. The van der Waals surface area contributed by atoms with Crippen molar-refractivity contribution >= 4 is 35.2 Å². The van der Waals surface area contributed by atoms with Gasteiger partial charge in [-0.25, -0.2) is 4.79 Å². The van der Waals surface area contributed by atoms with E-state index in [1.165, 1.54) is 0 Å². The summed E-state index contributed by atoms with van der Waals surface area (Å²) in [5, 5.41) is 5.99. The van der Waals surface area contributed by atoms with Crippen LogP contribution < -0.4 is 10.6 Å². The van der Waals surface area contributed by atoms with Gasteiger partial charge in [0.25, 0.3) is 0 Å². The van der Waals surface area contributed by atoms with Crippen molar-refractivity contribution in [3.05, 3.63) is 65.2 Å². The van der Waals surface area contributed by atoms with Gasteiger partial charge in [0.2, 0.25) is 11.8 Å². The Labute approximate surface area is 198 Å². The number of hydrogen-bond acceptors (Lipinski definition) is 5. The third-order valence-corrected chi connectivity index (χ3v) is 5.62. The average Bonchev–Trinajstić information content (AvgIpc) is 2.83. The van der Waals surface area contributed by atoms with Gasteiger partial charge in [0.15, 0.2) is 0 Å². The second-order valence-corrected chi connectivity index (χ2v) is 8.18. The summed E-state index contributed by atoms with van der Waals surface area (Å²) in [7, 11) is 0. The Hall–Kier alpha value is -3.10. The minimum atomic E-state index is -0.491. The first-order valence-electron chi connectivity index (χ1n) is 11.0. The number of nitrogens with zero attached hydrogens (tertiary/aromatic N) is 2. The summed E-state index contributed by atoms with van der Waals surface area (Å²) in [4.78, 5) is 40.3. The molecule has 8 nitrogen and oxygen atoms in total. The smallest absolute Gasteiger partial charge is 0.407 e. The summed E-state index contributed by atoms with van der Waals surface area (Å²) in [6.07, 6.45) is 0.404. The van der Waals surface area contributed by atoms with E-state index in [0.29, 0.717) is 56.3 Å². The van der Waals surface area contributed by atoms with E-state index in [4.69, 9.17) is 16.3 Å². The van der Waals surface area contributed by atoms with E-state index in [9.17, 15) is 14.4 Å². The number of halogens is 1. The number of alkyl carbamates (subject to hydrolysis) is 1. The van der Waals surface area contributed by atoms with Crippen LogP contribution in [0.25, 0.3) is 0 Å². The summed E-state index contributed by atoms with van der Waals surface area (Å²) >= 11 is 6.07. The van der Waals surface area contributed by atoms with Crippen LogP contribution in [0.2, 0.25) is 5.02 Å². The van der Waals surface area contributed by atoms with Crippen LogP contribution in [0.4, 0.5) is 10.5 Å². The molecule has 1 aliphatic rings. The highest BCUT2D eigenvalue weighted by atomic mass is 35.5. The van der Waals surface area contributed by atoms with Gasteiger partial charge in [0, 0.05) is 39.1 Å². The number of carbonyl (C=O) groups is 3. The van der Waals surface area contributed by atoms with Crippen molar-refractivity contribution in [2.75, 3.05) is 44.6 Å². The molecule has 3 amide bonds. The molecule has 2 aromatic carbocycles. The molecule has 0 aromatic heterocycles. The highest BCUT2D eigenvalue weighted by Crippen LogP contribution is 2.20. The fourth-order valence-corrected chi connectivity index (χ4v) is 3.66. The van der Waals surface area contributed by atoms with Gasteiger partial charge in [-0.3, -0.25) is 14.5 Å². The summed E-state index contributed by atoms with van der Waals surface area (Å²) in [6.45, 7) is 3.25. The monoisotopic (exact) mass is 472 g/mol. The summed E-state index contributed by atoms with van der Waals surface area (Å²) < 4.78 is 5.15. The van der Waals surface area contributed by atoms with E-state index in [0.717, 1.165) is 5.56 Å². The quantitative estimate of drug-likeness (QED) is 0.547. The minimum Gasteiger partial charge on any atom is -0.445 e. The molecule has 2 aromatic rings. The van der Waals surface area contributed by atoms with E-state index in [1.807, 2.05) is 47.4 Å². The van der Waals surface area contributed by atoms with Crippen LogP contribution in [0, 0.1) is 0 Å². The number of carbonyl (C=O) groups excluding carboxylic acids is 3. The number of ether oxygens (including phenoxy) is 1. The van der Waals surface area contributed by atoms with Gasteiger partial charge in [-0.15, -0.1) is 0 Å². The molecule has 1 aliphatic heterocycles. The van der Waals surface area contributed by atoms with Gasteiger partial charge in [-0.05, 0) is 24.1 Å². The molecule has 1 heterocycles. The fraction of sp³-hybridized carbons (Fsp3) is 0.375. The van der Waals surface area contributed by atoms with Crippen molar-refractivity contribution in [1.29, 1.82) is 0 Å². The van der Waals surface area contributed by atoms with Crippen LogP contribution in [0.15, 0.2) is 54.6 Å². The molecule has 0 saturated carbocycles. The van der Waals surface area contributed by atoms with Crippen LogP contribution >= 0.6 is 11.6 Å². The van der Waals surface area contributed by atoms with Gasteiger partial charge in [0.1, 0.15) is 6.61 Å². The zero-order chi connectivity index (χ0) is 23.5. The molecule has 0 aliphatic carbocycles. The topological polar surface area (TPSA) is 91.0 Å². The first kappa shape index (κ1) is 24.5. The lowest BCUT2D eigenvalue weighted by atomic mass is 10.2. The predicted molar refractivity (Wildman–Crippen MR) is 127 cm³/mol. The van der Waals surface area contributed by atoms with Gasteiger partial charge in [-0.1, -0.05) is 54.1 Å². The molecule has 3 rings (SSSR count). The molecular formula is C24H29ClN4O4. The number of anilines is 1. The van der Waals surface area contributed by atoms with Gasteiger partial charge >= 0.3 is 6.09 Å². The highest BCUT2D eigenvalue weighted by molar-refractivity contribution is 6.33. The number of para-hydroxylation sites is 1. The number of nitrogens with one attached hydrogen (secondary N) is 2. The Balaban J connectivity index is 1.26. The average molecular weight is 473 g/mol. The number of piperazine rings is 1. The molecule has 33 heavy (non-hydrogen) atoms. The van der Waals surface area contributed by atoms with Crippen LogP contribution in [0.5, 0.6) is 0 Å². The van der Waals surface area contributed by atoms with E-state index >= 15 is 0 Å². The number of amides is 3. The molecule has 0 unspecified atom stereocenters. The van der Waals surface area contributed by atoms with Crippen molar-refractivity contribution < 1.29 is 19.1 Å². The van der Waals surface area contributed by atoms with Gasteiger partial charge < -0.3 is 20.3 Å². The number of benzene rings is 2. The Morgan fingerprint density at radius 2 is 1.64 bits per heavy atom. The maximum absolute atomic E-state index is 12.4. The fourth-order valence-electron chi connectivity index (χ4n) is 3.47. The van der Waals surface area contributed by atoms with Crippen molar-refractivity contribution in [3.8, 4) is 0 Å². The predicted octanol–water partition coefficient (Wildman–Crippen LogP) is 3.13. The maximum Gasteiger partial charge on any atom is 0.407 e. The molecule has 0 bridgehead atoms. The second-order valence-electron chi connectivity index (χ2n) is 7.78. The molecule has 176 valence electrons. The first-order chi connectivity index (χ1) is 16.0. The number of hydrogen-bond donors (Lipinski definition) is 2. The second kappa shape index (κ2) is 12.8. The van der Waals surface area contributed by atoms with E-state index in [-0.39, 0.29) is 25.0 Å². The zero-order valence-electron chi connectivity index (χ0n) is 18.5. The molecular weight excluding hydrogens is 444 g/mol. The first-order valence-corrected chi connectivity index (χ1v) is 11.4. The standard InChI is InChI=1S/C24H29ClN4O4/c25-20-9-4-5-10-21(20)27-22(30)17-28-13-15-29(16-14-28)23(31)11-6-12-26-24(32)33-18-19-7-2-1-3-8-19/h1-5,7-10H,6,11-18H2,(H,26,32)(H,27,30). The Morgan fingerprint density at radius 3 is 2.36 bits per heavy atom. The molecule has 0 radical (unpaired) electrons. The van der Waals surface area contributed by atoms with E-state index < -0.39 is 6.09 Å². The molecule has 0 spiro atoms. The zero-order valence-corrected chi connectivity index (χ0v) is 19.2. The van der Waals surface area contributed by atoms with Crippen molar-refractivity contribution in [1.82, 2.24) is 15.1 Å². The molecule has 1 saturated heterocycles. The lowest BCUT2D eigenvalue weighted by Crippen LogP contribution is -2.50. The van der Waals surface area contributed by atoms with Gasteiger partial charge in [0.05, 0.1) is 17.3 Å². The largest absolute Gasteiger partial charge is 0.445 e. The Kier molecular flexibility index (Phi) is 9.53. The molecule has 9 heteroatoms.